The van der Waals surface area contributed by atoms with E-state index in [1.165, 1.54) is 0 Å². The maximum absolute atomic E-state index is 12.2. The van der Waals surface area contributed by atoms with Crippen molar-refractivity contribution in [2.45, 2.75) is 83.5 Å². The molecule has 0 aliphatic carbocycles. The minimum atomic E-state index is -0.851. The first kappa shape index (κ1) is 25.5. The summed E-state index contributed by atoms with van der Waals surface area (Å²) in [7, 11) is 0. The van der Waals surface area contributed by atoms with Crippen LogP contribution in [0.3, 0.4) is 0 Å². The zero-order valence-electron chi connectivity index (χ0n) is 17.7. The van der Waals surface area contributed by atoms with Gasteiger partial charge in [0.05, 0.1) is 12.3 Å². The molecule has 168 valence electrons. The summed E-state index contributed by atoms with van der Waals surface area (Å²) in [6.45, 7) is 0.290. The molecule has 0 aliphatic rings. The molecule has 0 atom stereocenters. The molecule has 0 saturated carbocycles. The Morgan fingerprint density at radius 1 is 0.700 bits per heavy atom. The Balaban J connectivity index is 2.10. The van der Waals surface area contributed by atoms with Gasteiger partial charge in [-0.15, -0.1) is 0 Å². The Morgan fingerprint density at radius 2 is 1.20 bits per heavy atom. The summed E-state index contributed by atoms with van der Waals surface area (Å²) in [5, 5.41) is 20.1. The van der Waals surface area contributed by atoms with Gasteiger partial charge in [0.1, 0.15) is 5.75 Å². The highest BCUT2D eigenvalue weighted by Crippen LogP contribution is 2.24. The molecule has 3 N–H and O–H groups in total. The summed E-state index contributed by atoms with van der Waals surface area (Å²) < 4.78 is 5.60. The maximum atomic E-state index is 12.2. The van der Waals surface area contributed by atoms with Gasteiger partial charge in [-0.2, -0.15) is 0 Å². The number of aliphatic carboxylic acids is 2. The molecule has 30 heavy (non-hydrogen) atoms. The van der Waals surface area contributed by atoms with Crippen LogP contribution in [0.1, 0.15) is 83.5 Å². The predicted octanol–water partition coefficient (Wildman–Crippen LogP) is 5.24. The van der Waals surface area contributed by atoms with Crippen LogP contribution in [0.15, 0.2) is 24.3 Å². The quantitative estimate of drug-likeness (QED) is 0.279. The number of benzene rings is 1. The lowest BCUT2D eigenvalue weighted by Gasteiger charge is -2.12. The minimum absolute atomic E-state index is 0.0463. The number of anilines is 1. The molecule has 7 nitrogen and oxygen atoms in total. The SMILES string of the molecule is O=C(O)CCCCCCCCCCCC(=O)Nc1ccccc1OCCCC(=O)O. The Bertz CT molecular complexity index is 646. The zero-order valence-corrected chi connectivity index (χ0v) is 17.7. The van der Waals surface area contributed by atoms with Crippen molar-refractivity contribution in [1.29, 1.82) is 0 Å². The molecule has 0 bridgehead atoms. The molecule has 1 aromatic carbocycles. The third-order valence-corrected chi connectivity index (χ3v) is 4.75. The van der Waals surface area contributed by atoms with E-state index in [0.717, 1.165) is 57.8 Å². The van der Waals surface area contributed by atoms with E-state index in [1.54, 1.807) is 12.1 Å². The number of carbonyl (C=O) groups is 3. The number of unbranched alkanes of at least 4 members (excludes halogenated alkanes) is 8. The number of carbonyl (C=O) groups excluding carboxylic acids is 1. The number of rotatable bonds is 18. The molecule has 0 saturated heterocycles. The lowest BCUT2D eigenvalue weighted by Crippen LogP contribution is -2.12. The predicted molar refractivity (Wildman–Crippen MR) is 116 cm³/mol. The highest BCUT2D eigenvalue weighted by molar-refractivity contribution is 5.92. The molecular formula is C23H35NO6. The summed E-state index contributed by atoms with van der Waals surface area (Å²) >= 11 is 0. The first-order valence-corrected chi connectivity index (χ1v) is 10.9. The molecule has 7 heteroatoms. The van der Waals surface area contributed by atoms with Gasteiger partial charge in [-0.05, 0) is 31.4 Å². The molecular weight excluding hydrogens is 386 g/mol. The number of amides is 1. The Kier molecular flexibility index (Phi) is 13.8. The van der Waals surface area contributed by atoms with E-state index in [-0.39, 0.29) is 18.7 Å². The fourth-order valence-corrected chi connectivity index (χ4v) is 3.11. The summed E-state index contributed by atoms with van der Waals surface area (Å²) in [5.74, 6) is -1.06. The van der Waals surface area contributed by atoms with E-state index in [0.29, 0.717) is 30.9 Å². The number of hydrogen-bond acceptors (Lipinski definition) is 4. The third-order valence-electron chi connectivity index (χ3n) is 4.75. The highest BCUT2D eigenvalue weighted by Gasteiger charge is 2.08. The number of para-hydroxylation sites is 2. The van der Waals surface area contributed by atoms with E-state index < -0.39 is 11.9 Å². The second kappa shape index (κ2) is 16.3. The smallest absolute Gasteiger partial charge is 0.303 e. The first-order valence-electron chi connectivity index (χ1n) is 10.9. The number of carboxylic acid groups (broad SMARTS) is 2. The van der Waals surface area contributed by atoms with Gasteiger partial charge in [-0.25, -0.2) is 0 Å². The summed E-state index contributed by atoms with van der Waals surface area (Å²) in [5.41, 5.74) is 0.612. The average molecular weight is 422 g/mol. The van der Waals surface area contributed by atoms with Crippen LogP contribution in [0.25, 0.3) is 0 Å². The van der Waals surface area contributed by atoms with Gasteiger partial charge in [0.25, 0.3) is 0 Å². The van der Waals surface area contributed by atoms with Crippen molar-refractivity contribution in [2.24, 2.45) is 0 Å². The fourth-order valence-electron chi connectivity index (χ4n) is 3.11. The van der Waals surface area contributed by atoms with Gasteiger partial charge in [0.15, 0.2) is 0 Å². The Hall–Kier alpha value is -2.57. The van der Waals surface area contributed by atoms with Crippen molar-refractivity contribution < 1.29 is 29.3 Å². The van der Waals surface area contributed by atoms with E-state index in [9.17, 15) is 14.4 Å². The van der Waals surface area contributed by atoms with E-state index in [2.05, 4.69) is 5.32 Å². The highest BCUT2D eigenvalue weighted by atomic mass is 16.5. The van der Waals surface area contributed by atoms with Crippen LogP contribution in [0.2, 0.25) is 0 Å². The Labute approximate surface area is 178 Å². The van der Waals surface area contributed by atoms with Gasteiger partial charge in [0, 0.05) is 19.3 Å². The number of carboxylic acids is 2. The molecule has 0 aliphatic heterocycles. The van der Waals surface area contributed by atoms with Crippen LogP contribution in [-0.2, 0) is 14.4 Å². The molecule has 0 aromatic heterocycles. The van der Waals surface area contributed by atoms with Crippen LogP contribution in [-0.4, -0.2) is 34.7 Å². The first-order chi connectivity index (χ1) is 14.5. The molecule has 0 heterocycles. The number of nitrogens with one attached hydrogen (secondary N) is 1. The minimum Gasteiger partial charge on any atom is -0.491 e. The van der Waals surface area contributed by atoms with Crippen molar-refractivity contribution in [3.05, 3.63) is 24.3 Å². The molecule has 0 spiro atoms. The largest absolute Gasteiger partial charge is 0.491 e. The van der Waals surface area contributed by atoms with Crippen molar-refractivity contribution in [2.75, 3.05) is 11.9 Å². The monoisotopic (exact) mass is 421 g/mol. The maximum Gasteiger partial charge on any atom is 0.303 e. The number of hydrogen-bond donors (Lipinski definition) is 3. The molecule has 1 aromatic rings. The van der Waals surface area contributed by atoms with Crippen LogP contribution < -0.4 is 10.1 Å². The summed E-state index contributed by atoms with van der Waals surface area (Å²) in [6.07, 6.45) is 10.4. The zero-order chi connectivity index (χ0) is 22.0. The van der Waals surface area contributed by atoms with E-state index in [1.807, 2.05) is 12.1 Å². The van der Waals surface area contributed by atoms with Crippen molar-refractivity contribution in [1.82, 2.24) is 0 Å². The molecule has 0 fully saturated rings. The van der Waals surface area contributed by atoms with E-state index >= 15 is 0 Å². The molecule has 1 amide bonds. The lowest BCUT2D eigenvalue weighted by atomic mass is 10.1. The van der Waals surface area contributed by atoms with Crippen LogP contribution in [0, 0.1) is 0 Å². The number of ether oxygens (including phenoxy) is 1. The van der Waals surface area contributed by atoms with E-state index in [4.69, 9.17) is 14.9 Å². The fraction of sp³-hybridized carbons (Fsp3) is 0.609. The Morgan fingerprint density at radius 3 is 1.80 bits per heavy atom. The van der Waals surface area contributed by atoms with Gasteiger partial charge in [0.2, 0.25) is 5.91 Å². The van der Waals surface area contributed by atoms with Crippen molar-refractivity contribution in [3.8, 4) is 5.75 Å². The second-order valence-corrected chi connectivity index (χ2v) is 7.47. The van der Waals surface area contributed by atoms with Crippen LogP contribution >= 0.6 is 0 Å². The second-order valence-electron chi connectivity index (χ2n) is 7.47. The topological polar surface area (TPSA) is 113 Å². The molecule has 0 radical (unpaired) electrons. The van der Waals surface area contributed by atoms with Gasteiger partial charge in [-0.1, -0.05) is 57.1 Å². The molecule has 1 rings (SSSR count). The third kappa shape index (κ3) is 13.6. The molecule has 0 unspecified atom stereocenters. The van der Waals surface area contributed by atoms with Gasteiger partial charge >= 0.3 is 11.9 Å². The van der Waals surface area contributed by atoms with Crippen molar-refractivity contribution in [3.63, 3.8) is 0 Å². The van der Waals surface area contributed by atoms with Crippen LogP contribution in [0.4, 0.5) is 5.69 Å². The standard InChI is InChI=1S/C23H35NO6/c25-21(15-8-6-4-2-1-3-5-7-9-16-22(26)27)24-19-13-10-11-14-20(19)30-18-12-17-23(28)29/h10-11,13-14H,1-9,12,15-18H2,(H,24,25)(H,26,27)(H,28,29). The summed E-state index contributed by atoms with van der Waals surface area (Å²) in [4.78, 5) is 33.2. The van der Waals surface area contributed by atoms with Gasteiger partial charge < -0.3 is 20.3 Å². The lowest BCUT2D eigenvalue weighted by molar-refractivity contribution is -0.138. The average Bonchev–Trinajstić information content (AvgIpc) is 2.70. The normalized spacial score (nSPS) is 10.5. The summed E-state index contributed by atoms with van der Waals surface area (Å²) in [6, 6.07) is 7.18. The van der Waals surface area contributed by atoms with Crippen molar-refractivity contribution >= 4 is 23.5 Å². The van der Waals surface area contributed by atoms with Gasteiger partial charge in [-0.3, -0.25) is 14.4 Å². The van der Waals surface area contributed by atoms with Crippen LogP contribution in [0.5, 0.6) is 5.75 Å².